The first-order chi connectivity index (χ1) is 11.7. The number of hydrogen-bond donors (Lipinski definition) is 2. The van der Waals surface area contributed by atoms with Gasteiger partial charge in [-0.2, -0.15) is 0 Å². The zero-order valence-electron chi connectivity index (χ0n) is 15.4. The Balaban J connectivity index is 1.47. The lowest BCUT2D eigenvalue weighted by molar-refractivity contribution is -0.135. The van der Waals surface area contributed by atoms with Crippen molar-refractivity contribution < 1.29 is 4.79 Å². The van der Waals surface area contributed by atoms with Crippen molar-refractivity contribution in [2.75, 3.05) is 26.2 Å². The Morgan fingerprint density at radius 1 is 1.21 bits per heavy atom. The molecule has 3 unspecified atom stereocenters. The number of hydrogen-bond acceptors (Lipinski definition) is 2. The highest BCUT2D eigenvalue weighted by molar-refractivity contribution is 5.81. The number of carbonyl (C=O) groups excluding carboxylic acids is 1. The van der Waals surface area contributed by atoms with Crippen LogP contribution in [-0.4, -0.2) is 49.0 Å². The van der Waals surface area contributed by atoms with E-state index in [4.69, 9.17) is 4.99 Å². The Bertz CT molecular complexity index is 458. The molecule has 0 aromatic rings. The van der Waals surface area contributed by atoms with Gasteiger partial charge in [0.05, 0.1) is 0 Å². The van der Waals surface area contributed by atoms with Crippen LogP contribution in [0.3, 0.4) is 0 Å². The van der Waals surface area contributed by atoms with E-state index in [1.54, 1.807) is 0 Å². The van der Waals surface area contributed by atoms with Crippen molar-refractivity contribution in [2.24, 2.45) is 22.7 Å². The molecule has 0 spiro atoms. The molecule has 0 radical (unpaired) electrons. The van der Waals surface area contributed by atoms with Crippen LogP contribution in [0.25, 0.3) is 0 Å². The summed E-state index contributed by atoms with van der Waals surface area (Å²) < 4.78 is 0. The molecule has 5 nitrogen and oxygen atoms in total. The first kappa shape index (κ1) is 17.6. The van der Waals surface area contributed by atoms with Crippen molar-refractivity contribution in [3.63, 3.8) is 0 Å². The zero-order valence-corrected chi connectivity index (χ0v) is 15.4. The number of amides is 1. The van der Waals surface area contributed by atoms with Crippen molar-refractivity contribution in [3.05, 3.63) is 0 Å². The number of carbonyl (C=O) groups is 1. The fourth-order valence-electron chi connectivity index (χ4n) is 4.06. The van der Waals surface area contributed by atoms with E-state index >= 15 is 0 Å². The van der Waals surface area contributed by atoms with Crippen LogP contribution in [0.4, 0.5) is 0 Å². The highest BCUT2D eigenvalue weighted by Gasteiger charge is 2.33. The Hall–Kier alpha value is -1.26. The average Bonchev–Trinajstić information content (AvgIpc) is 3.11. The predicted octanol–water partition coefficient (Wildman–Crippen LogP) is 2.38. The lowest BCUT2D eigenvalue weighted by Crippen LogP contribution is -2.45. The molecular formula is C19H34N4O. The monoisotopic (exact) mass is 334 g/mol. The van der Waals surface area contributed by atoms with Crippen LogP contribution in [0, 0.1) is 17.8 Å². The van der Waals surface area contributed by atoms with Crippen LogP contribution in [0.5, 0.6) is 0 Å². The summed E-state index contributed by atoms with van der Waals surface area (Å²) in [5.74, 6) is 3.22. The summed E-state index contributed by atoms with van der Waals surface area (Å²) in [4.78, 5) is 19.5. The van der Waals surface area contributed by atoms with E-state index in [0.717, 1.165) is 63.2 Å². The minimum absolute atomic E-state index is 0.288. The Morgan fingerprint density at radius 2 is 1.96 bits per heavy atom. The molecule has 0 bridgehead atoms. The highest BCUT2D eigenvalue weighted by Crippen LogP contribution is 2.37. The van der Waals surface area contributed by atoms with Gasteiger partial charge < -0.3 is 15.5 Å². The van der Waals surface area contributed by atoms with Crippen LogP contribution in [0.2, 0.25) is 0 Å². The van der Waals surface area contributed by atoms with E-state index in [2.05, 4.69) is 29.4 Å². The molecule has 136 valence electrons. The number of nitrogens with one attached hydrogen (secondary N) is 2. The van der Waals surface area contributed by atoms with Gasteiger partial charge in [0.25, 0.3) is 0 Å². The van der Waals surface area contributed by atoms with E-state index in [-0.39, 0.29) is 5.92 Å². The third-order valence-electron chi connectivity index (χ3n) is 5.90. The standard InChI is InChI=1S/C19H34N4O/c1-3-20-19(21-12-16-11-14(16)2)22-17-9-10-23(13-17)18(24)15-7-5-4-6-8-15/h14-17H,3-13H2,1-2H3,(H2,20,21,22). The number of nitrogens with zero attached hydrogens (tertiary/aromatic N) is 2. The van der Waals surface area contributed by atoms with Crippen LogP contribution in [0.15, 0.2) is 4.99 Å². The lowest BCUT2D eigenvalue weighted by atomic mass is 9.88. The van der Waals surface area contributed by atoms with Gasteiger partial charge in [0, 0.05) is 38.1 Å². The molecular weight excluding hydrogens is 300 g/mol. The summed E-state index contributed by atoms with van der Waals surface area (Å²) in [5, 5.41) is 6.90. The average molecular weight is 335 g/mol. The first-order valence-electron chi connectivity index (χ1n) is 10.0. The number of rotatable bonds is 5. The van der Waals surface area contributed by atoms with E-state index in [9.17, 15) is 4.79 Å². The summed E-state index contributed by atoms with van der Waals surface area (Å²) >= 11 is 0. The molecule has 2 saturated carbocycles. The van der Waals surface area contributed by atoms with Crippen LogP contribution < -0.4 is 10.6 Å². The number of likely N-dealkylation sites (tertiary alicyclic amines) is 1. The maximum absolute atomic E-state index is 12.7. The molecule has 3 atom stereocenters. The summed E-state index contributed by atoms with van der Waals surface area (Å²) in [7, 11) is 0. The summed E-state index contributed by atoms with van der Waals surface area (Å²) in [6.07, 6.45) is 8.29. The molecule has 24 heavy (non-hydrogen) atoms. The maximum Gasteiger partial charge on any atom is 0.225 e. The molecule has 1 heterocycles. The fraction of sp³-hybridized carbons (Fsp3) is 0.895. The molecule has 3 fully saturated rings. The van der Waals surface area contributed by atoms with Crippen molar-refractivity contribution >= 4 is 11.9 Å². The van der Waals surface area contributed by atoms with Gasteiger partial charge in [-0.25, -0.2) is 0 Å². The molecule has 5 heteroatoms. The first-order valence-corrected chi connectivity index (χ1v) is 10.0. The van der Waals surface area contributed by atoms with Gasteiger partial charge in [0.15, 0.2) is 5.96 Å². The summed E-state index contributed by atoms with van der Waals surface area (Å²) in [6, 6.07) is 0.340. The second-order valence-electron chi connectivity index (χ2n) is 7.94. The SMILES string of the molecule is CCNC(=NCC1CC1C)NC1CCN(C(=O)C2CCCCC2)C1. The van der Waals surface area contributed by atoms with Crippen LogP contribution in [-0.2, 0) is 4.79 Å². The van der Waals surface area contributed by atoms with Crippen molar-refractivity contribution in [1.29, 1.82) is 0 Å². The summed E-state index contributed by atoms with van der Waals surface area (Å²) in [5.41, 5.74) is 0. The minimum Gasteiger partial charge on any atom is -0.357 e. The molecule has 3 rings (SSSR count). The molecule has 0 aromatic carbocycles. The Morgan fingerprint density at radius 3 is 2.62 bits per heavy atom. The normalized spacial score (nSPS) is 31.2. The number of guanidine groups is 1. The zero-order chi connectivity index (χ0) is 16.9. The third-order valence-corrected chi connectivity index (χ3v) is 5.90. The van der Waals surface area contributed by atoms with Crippen LogP contribution in [0.1, 0.15) is 58.8 Å². The molecule has 3 aliphatic rings. The smallest absolute Gasteiger partial charge is 0.225 e. The van der Waals surface area contributed by atoms with Crippen molar-refractivity contribution in [1.82, 2.24) is 15.5 Å². The topological polar surface area (TPSA) is 56.7 Å². The molecule has 2 aliphatic carbocycles. The molecule has 0 aromatic heterocycles. The van der Waals surface area contributed by atoms with Gasteiger partial charge in [-0.05, 0) is 44.4 Å². The van der Waals surface area contributed by atoms with Gasteiger partial charge in [-0.3, -0.25) is 9.79 Å². The quantitative estimate of drug-likeness (QED) is 0.599. The van der Waals surface area contributed by atoms with E-state index in [1.165, 1.54) is 25.7 Å². The Kier molecular flexibility index (Phi) is 6.01. The van der Waals surface area contributed by atoms with Crippen molar-refractivity contribution in [3.8, 4) is 0 Å². The van der Waals surface area contributed by atoms with Crippen molar-refractivity contribution in [2.45, 2.75) is 64.8 Å². The predicted molar refractivity (Wildman–Crippen MR) is 97.9 cm³/mol. The third kappa shape index (κ3) is 4.64. The molecule has 1 aliphatic heterocycles. The largest absolute Gasteiger partial charge is 0.357 e. The van der Waals surface area contributed by atoms with Gasteiger partial charge in [-0.15, -0.1) is 0 Å². The van der Waals surface area contributed by atoms with Gasteiger partial charge in [0.1, 0.15) is 0 Å². The van der Waals surface area contributed by atoms with E-state index in [1.807, 2.05) is 0 Å². The molecule has 2 N–H and O–H groups in total. The highest BCUT2D eigenvalue weighted by atomic mass is 16.2. The van der Waals surface area contributed by atoms with Gasteiger partial charge in [-0.1, -0.05) is 26.2 Å². The van der Waals surface area contributed by atoms with E-state index < -0.39 is 0 Å². The lowest BCUT2D eigenvalue weighted by Gasteiger charge is -2.26. The minimum atomic E-state index is 0.288. The number of aliphatic imine (C=N–C) groups is 1. The van der Waals surface area contributed by atoms with Gasteiger partial charge >= 0.3 is 0 Å². The second kappa shape index (κ2) is 8.21. The van der Waals surface area contributed by atoms with Gasteiger partial charge in [0.2, 0.25) is 5.91 Å². The van der Waals surface area contributed by atoms with Crippen LogP contribution >= 0.6 is 0 Å². The second-order valence-corrected chi connectivity index (χ2v) is 7.94. The Labute approximate surface area is 146 Å². The molecule has 1 amide bonds. The van der Waals surface area contributed by atoms with E-state index in [0.29, 0.717) is 11.9 Å². The molecule has 1 saturated heterocycles. The fourth-order valence-corrected chi connectivity index (χ4v) is 4.06. The summed E-state index contributed by atoms with van der Waals surface area (Å²) in [6.45, 7) is 7.93. The maximum atomic E-state index is 12.7.